The Labute approximate surface area is 203 Å². The van der Waals surface area contributed by atoms with Crippen LogP contribution in [0.5, 0.6) is 0 Å². The van der Waals surface area contributed by atoms with E-state index in [1.165, 1.54) is 4.31 Å². The molecule has 9 heteroatoms. The van der Waals surface area contributed by atoms with Crippen LogP contribution in [0, 0.1) is 12.8 Å². The predicted octanol–water partition coefficient (Wildman–Crippen LogP) is 4.10. The van der Waals surface area contributed by atoms with E-state index >= 15 is 0 Å². The summed E-state index contributed by atoms with van der Waals surface area (Å²) >= 11 is 3.43. The van der Waals surface area contributed by atoms with Gasteiger partial charge in [-0.1, -0.05) is 25.1 Å². The molecule has 0 saturated carbocycles. The number of carbonyl (C=O) groups excluding carboxylic acids is 2. The number of sulfonamides is 1. The summed E-state index contributed by atoms with van der Waals surface area (Å²) in [5.74, 6) is -0.623. The van der Waals surface area contributed by atoms with E-state index in [4.69, 9.17) is 0 Å². The van der Waals surface area contributed by atoms with E-state index < -0.39 is 15.9 Å². The van der Waals surface area contributed by atoms with Crippen molar-refractivity contribution < 1.29 is 18.0 Å². The Morgan fingerprint density at radius 3 is 2.67 bits per heavy atom. The molecule has 33 heavy (non-hydrogen) atoms. The first-order chi connectivity index (χ1) is 15.7. The van der Waals surface area contributed by atoms with Crippen molar-refractivity contribution in [2.24, 2.45) is 5.92 Å². The standard InChI is InChI=1S/C24H28BrN3O4S/c1-3-23(29)28-12-10-17-13-19(25)22(14-21(17)28)33(31,32)27-11-6-8-18(15-27)24(30)26-20-9-5-4-7-16(20)2/h4-5,7,9,13-14,18H,3,6,8,10-12,15H2,1-2H3,(H,26,30). The van der Waals surface area contributed by atoms with E-state index in [2.05, 4.69) is 21.2 Å². The number of piperidine rings is 1. The zero-order valence-electron chi connectivity index (χ0n) is 18.8. The van der Waals surface area contributed by atoms with Gasteiger partial charge in [0.15, 0.2) is 0 Å². The van der Waals surface area contributed by atoms with Crippen LogP contribution in [-0.2, 0) is 26.0 Å². The minimum absolute atomic E-state index is 0.0228. The minimum Gasteiger partial charge on any atom is -0.326 e. The van der Waals surface area contributed by atoms with Crippen LogP contribution in [0.15, 0.2) is 45.8 Å². The summed E-state index contributed by atoms with van der Waals surface area (Å²) in [6.45, 7) is 4.76. The number of amides is 2. The van der Waals surface area contributed by atoms with Crippen LogP contribution in [-0.4, -0.2) is 44.2 Å². The first-order valence-electron chi connectivity index (χ1n) is 11.2. The van der Waals surface area contributed by atoms with E-state index in [1.807, 2.05) is 31.2 Å². The van der Waals surface area contributed by atoms with Crippen LogP contribution in [0.1, 0.15) is 37.3 Å². The van der Waals surface area contributed by atoms with E-state index in [0.29, 0.717) is 48.9 Å². The Bertz CT molecular complexity index is 1200. The van der Waals surface area contributed by atoms with Crippen molar-refractivity contribution in [3.05, 3.63) is 52.0 Å². The van der Waals surface area contributed by atoms with Gasteiger partial charge in [-0.3, -0.25) is 9.59 Å². The second-order valence-electron chi connectivity index (χ2n) is 8.57. The first-order valence-corrected chi connectivity index (χ1v) is 13.4. The number of anilines is 2. The molecule has 7 nitrogen and oxygen atoms in total. The quantitative estimate of drug-likeness (QED) is 0.626. The lowest BCUT2D eigenvalue weighted by atomic mass is 9.98. The summed E-state index contributed by atoms with van der Waals surface area (Å²) in [4.78, 5) is 27.0. The zero-order valence-corrected chi connectivity index (χ0v) is 21.2. The van der Waals surface area contributed by atoms with Gasteiger partial charge in [0.05, 0.1) is 10.8 Å². The summed E-state index contributed by atoms with van der Waals surface area (Å²) < 4.78 is 29.1. The molecule has 2 amide bonds. The Balaban J connectivity index is 1.57. The monoisotopic (exact) mass is 533 g/mol. The van der Waals surface area contributed by atoms with Gasteiger partial charge in [0, 0.05) is 41.9 Å². The molecule has 1 atom stereocenters. The molecule has 1 saturated heterocycles. The number of nitrogens with one attached hydrogen (secondary N) is 1. The maximum Gasteiger partial charge on any atom is 0.244 e. The SMILES string of the molecule is CCC(=O)N1CCc2cc(Br)c(S(=O)(=O)N3CCCC(C(=O)Nc4ccccc4C)C3)cc21. The van der Waals surface area contributed by atoms with Crippen molar-refractivity contribution in [1.29, 1.82) is 0 Å². The van der Waals surface area contributed by atoms with Gasteiger partial charge in [-0.15, -0.1) is 0 Å². The zero-order chi connectivity index (χ0) is 23.8. The molecule has 2 heterocycles. The Morgan fingerprint density at radius 2 is 1.94 bits per heavy atom. The summed E-state index contributed by atoms with van der Waals surface area (Å²) in [6, 6.07) is 10.9. The third-order valence-corrected chi connectivity index (χ3v) is 9.23. The fraction of sp³-hybridized carbons (Fsp3) is 0.417. The van der Waals surface area contributed by atoms with Crippen molar-refractivity contribution in [3.8, 4) is 0 Å². The number of aryl methyl sites for hydroxylation is 1. The van der Waals surface area contributed by atoms with Crippen LogP contribution >= 0.6 is 15.9 Å². The molecular weight excluding hydrogens is 506 g/mol. The lowest BCUT2D eigenvalue weighted by Gasteiger charge is -2.31. The van der Waals surface area contributed by atoms with Crippen LogP contribution in [0.4, 0.5) is 11.4 Å². The highest BCUT2D eigenvalue weighted by Gasteiger charge is 2.36. The largest absolute Gasteiger partial charge is 0.326 e. The minimum atomic E-state index is -3.85. The molecule has 2 aromatic carbocycles. The van der Waals surface area contributed by atoms with E-state index in [1.54, 1.807) is 24.0 Å². The number of halogens is 1. The first kappa shape index (κ1) is 23.9. The lowest BCUT2D eigenvalue weighted by molar-refractivity contribution is -0.121. The number of benzene rings is 2. The number of fused-ring (bicyclic) bond motifs is 1. The van der Waals surface area contributed by atoms with Gasteiger partial charge < -0.3 is 10.2 Å². The second-order valence-corrected chi connectivity index (χ2v) is 11.3. The number of nitrogens with zero attached hydrogens (tertiary/aromatic N) is 2. The molecule has 0 aromatic heterocycles. The summed E-state index contributed by atoms with van der Waals surface area (Å²) in [5, 5.41) is 2.95. The Kier molecular flexibility index (Phi) is 6.93. The highest BCUT2D eigenvalue weighted by molar-refractivity contribution is 9.10. The third kappa shape index (κ3) is 4.72. The van der Waals surface area contributed by atoms with Crippen molar-refractivity contribution in [2.45, 2.75) is 44.4 Å². The van der Waals surface area contributed by atoms with Gasteiger partial charge in [0.1, 0.15) is 0 Å². The molecule has 0 aliphatic carbocycles. The molecule has 1 fully saturated rings. The van der Waals surface area contributed by atoms with E-state index in [9.17, 15) is 18.0 Å². The van der Waals surface area contributed by atoms with Crippen molar-refractivity contribution >= 4 is 49.1 Å². The summed E-state index contributed by atoms with van der Waals surface area (Å²) in [5.41, 5.74) is 3.31. The van der Waals surface area contributed by atoms with Crippen molar-refractivity contribution in [2.75, 3.05) is 29.9 Å². The number of hydrogen-bond acceptors (Lipinski definition) is 4. The van der Waals surface area contributed by atoms with Crippen LogP contribution < -0.4 is 10.2 Å². The molecule has 0 bridgehead atoms. The van der Waals surface area contributed by atoms with Crippen molar-refractivity contribution in [3.63, 3.8) is 0 Å². The Morgan fingerprint density at radius 1 is 1.18 bits per heavy atom. The maximum absolute atomic E-state index is 13.6. The normalized spacial score (nSPS) is 18.8. The number of carbonyl (C=O) groups is 2. The van der Waals surface area contributed by atoms with Crippen molar-refractivity contribution in [1.82, 2.24) is 4.31 Å². The van der Waals surface area contributed by atoms with Gasteiger partial charge >= 0.3 is 0 Å². The molecule has 176 valence electrons. The summed E-state index contributed by atoms with van der Waals surface area (Å²) in [7, 11) is -3.85. The van der Waals surface area contributed by atoms with E-state index in [-0.39, 0.29) is 23.3 Å². The Hall–Kier alpha value is -2.23. The molecule has 2 aliphatic rings. The fourth-order valence-electron chi connectivity index (χ4n) is 4.50. The fourth-order valence-corrected chi connectivity index (χ4v) is 7.09. The molecule has 1 N–H and O–H groups in total. The van der Waals surface area contributed by atoms with Crippen LogP contribution in [0.2, 0.25) is 0 Å². The van der Waals surface area contributed by atoms with Gasteiger partial charge in [0.25, 0.3) is 0 Å². The second kappa shape index (κ2) is 9.56. The molecule has 4 rings (SSSR count). The lowest BCUT2D eigenvalue weighted by Crippen LogP contribution is -2.43. The van der Waals surface area contributed by atoms with Crippen LogP contribution in [0.3, 0.4) is 0 Å². The van der Waals surface area contributed by atoms with Crippen LogP contribution in [0.25, 0.3) is 0 Å². The van der Waals surface area contributed by atoms with Gasteiger partial charge in [-0.05, 0) is 71.4 Å². The average Bonchev–Trinajstić information content (AvgIpc) is 3.22. The van der Waals surface area contributed by atoms with Gasteiger partial charge in [-0.2, -0.15) is 4.31 Å². The predicted molar refractivity (Wildman–Crippen MR) is 132 cm³/mol. The molecular formula is C24H28BrN3O4S. The maximum atomic E-state index is 13.6. The average molecular weight is 534 g/mol. The van der Waals surface area contributed by atoms with Gasteiger partial charge in [-0.25, -0.2) is 8.42 Å². The molecule has 1 unspecified atom stereocenters. The summed E-state index contributed by atoms with van der Waals surface area (Å²) in [6.07, 6.45) is 2.30. The molecule has 2 aliphatic heterocycles. The highest BCUT2D eigenvalue weighted by Crippen LogP contribution is 2.37. The molecule has 0 radical (unpaired) electrons. The number of hydrogen-bond donors (Lipinski definition) is 1. The van der Waals surface area contributed by atoms with Gasteiger partial charge in [0.2, 0.25) is 21.8 Å². The topological polar surface area (TPSA) is 86.8 Å². The van der Waals surface area contributed by atoms with E-state index in [0.717, 1.165) is 16.8 Å². The molecule has 0 spiro atoms. The highest BCUT2D eigenvalue weighted by atomic mass is 79.9. The number of para-hydroxylation sites is 1. The third-order valence-electron chi connectivity index (χ3n) is 6.41. The number of rotatable bonds is 5. The smallest absolute Gasteiger partial charge is 0.244 e. The molecule has 2 aromatic rings.